The molecule has 1 unspecified atom stereocenters. The second kappa shape index (κ2) is 8.84. The SMILES string of the molecule is CCc1noc(C)c1C(=O)N1CCCCC1CCNC(=O)c1ccccc1. The summed E-state index contributed by atoms with van der Waals surface area (Å²) in [6.07, 6.45) is 4.48. The van der Waals surface area contributed by atoms with Gasteiger partial charge in [-0.3, -0.25) is 9.59 Å². The van der Waals surface area contributed by atoms with Crippen LogP contribution in [0.15, 0.2) is 34.9 Å². The molecule has 2 aromatic rings. The number of nitrogens with one attached hydrogen (secondary N) is 1. The average Bonchev–Trinajstić information content (AvgIpc) is 3.09. The molecule has 0 spiro atoms. The molecule has 144 valence electrons. The lowest BCUT2D eigenvalue weighted by molar-refractivity contribution is 0.0599. The van der Waals surface area contributed by atoms with E-state index < -0.39 is 0 Å². The lowest BCUT2D eigenvalue weighted by Crippen LogP contribution is -2.45. The van der Waals surface area contributed by atoms with Crippen LogP contribution in [-0.4, -0.2) is 41.0 Å². The Kier molecular flexibility index (Phi) is 6.27. The van der Waals surface area contributed by atoms with Crippen LogP contribution in [0.4, 0.5) is 0 Å². The van der Waals surface area contributed by atoms with Gasteiger partial charge in [0.15, 0.2) is 0 Å². The molecule has 0 bridgehead atoms. The highest BCUT2D eigenvalue weighted by atomic mass is 16.5. The zero-order chi connectivity index (χ0) is 19.2. The fourth-order valence-corrected chi connectivity index (χ4v) is 3.69. The van der Waals surface area contributed by atoms with Gasteiger partial charge in [-0.15, -0.1) is 0 Å². The molecule has 1 fully saturated rings. The molecule has 1 N–H and O–H groups in total. The number of likely N-dealkylation sites (tertiary alicyclic amines) is 1. The first kappa shape index (κ1) is 19.1. The van der Waals surface area contributed by atoms with E-state index in [1.807, 2.05) is 30.0 Å². The molecule has 1 saturated heterocycles. The van der Waals surface area contributed by atoms with Crippen molar-refractivity contribution in [2.24, 2.45) is 0 Å². The van der Waals surface area contributed by atoms with E-state index in [4.69, 9.17) is 4.52 Å². The largest absolute Gasteiger partial charge is 0.361 e. The van der Waals surface area contributed by atoms with Crippen molar-refractivity contribution in [1.29, 1.82) is 0 Å². The number of aromatic nitrogens is 1. The Labute approximate surface area is 159 Å². The molecule has 6 nitrogen and oxygen atoms in total. The lowest BCUT2D eigenvalue weighted by Gasteiger charge is -2.36. The van der Waals surface area contributed by atoms with Gasteiger partial charge in [-0.2, -0.15) is 0 Å². The Morgan fingerprint density at radius 1 is 1.26 bits per heavy atom. The van der Waals surface area contributed by atoms with Gasteiger partial charge < -0.3 is 14.7 Å². The molecule has 1 aromatic heterocycles. The van der Waals surface area contributed by atoms with Gasteiger partial charge in [0.2, 0.25) is 0 Å². The number of carbonyl (C=O) groups excluding carboxylic acids is 2. The van der Waals surface area contributed by atoms with Crippen LogP contribution in [0.1, 0.15) is 64.8 Å². The molecule has 0 aliphatic carbocycles. The van der Waals surface area contributed by atoms with E-state index in [2.05, 4.69) is 10.5 Å². The first-order chi connectivity index (χ1) is 13.1. The Balaban J connectivity index is 1.62. The minimum Gasteiger partial charge on any atom is -0.361 e. The van der Waals surface area contributed by atoms with E-state index in [0.29, 0.717) is 29.9 Å². The van der Waals surface area contributed by atoms with Crippen molar-refractivity contribution in [2.75, 3.05) is 13.1 Å². The van der Waals surface area contributed by atoms with Crippen LogP contribution in [-0.2, 0) is 6.42 Å². The van der Waals surface area contributed by atoms with Crippen LogP contribution in [0.25, 0.3) is 0 Å². The minimum absolute atomic E-state index is 0.00434. The number of rotatable bonds is 6. The van der Waals surface area contributed by atoms with Gasteiger partial charge in [-0.05, 0) is 51.2 Å². The monoisotopic (exact) mass is 369 g/mol. The number of hydrogen-bond acceptors (Lipinski definition) is 4. The Hall–Kier alpha value is -2.63. The van der Waals surface area contributed by atoms with Gasteiger partial charge in [0.1, 0.15) is 11.3 Å². The first-order valence-electron chi connectivity index (χ1n) is 9.71. The van der Waals surface area contributed by atoms with Crippen molar-refractivity contribution >= 4 is 11.8 Å². The molecule has 3 rings (SSSR count). The predicted molar refractivity (Wildman–Crippen MR) is 103 cm³/mol. The molecule has 0 saturated carbocycles. The van der Waals surface area contributed by atoms with Gasteiger partial charge in [0, 0.05) is 24.7 Å². The highest BCUT2D eigenvalue weighted by Crippen LogP contribution is 2.24. The van der Waals surface area contributed by atoms with Crippen molar-refractivity contribution in [3.63, 3.8) is 0 Å². The summed E-state index contributed by atoms with van der Waals surface area (Å²) in [4.78, 5) is 27.3. The number of piperidine rings is 1. The van der Waals surface area contributed by atoms with Crippen LogP contribution in [0.2, 0.25) is 0 Å². The quantitative estimate of drug-likeness (QED) is 0.847. The molecule has 2 heterocycles. The highest BCUT2D eigenvalue weighted by Gasteiger charge is 2.31. The maximum absolute atomic E-state index is 13.1. The Bertz CT molecular complexity index is 785. The van der Waals surface area contributed by atoms with Gasteiger partial charge in [0.25, 0.3) is 11.8 Å². The second-order valence-electron chi connectivity index (χ2n) is 6.97. The van der Waals surface area contributed by atoms with E-state index in [0.717, 1.165) is 37.9 Å². The van der Waals surface area contributed by atoms with E-state index in [-0.39, 0.29) is 17.9 Å². The standard InChI is InChI=1S/C21H27N3O3/c1-3-18-19(15(2)27-23-18)21(26)24-14-8-7-11-17(24)12-13-22-20(25)16-9-5-4-6-10-16/h4-6,9-10,17H,3,7-8,11-14H2,1-2H3,(H,22,25). The van der Waals surface area contributed by atoms with Gasteiger partial charge in [-0.1, -0.05) is 30.3 Å². The minimum atomic E-state index is -0.0764. The maximum Gasteiger partial charge on any atom is 0.259 e. The van der Waals surface area contributed by atoms with Crippen molar-refractivity contribution < 1.29 is 14.1 Å². The number of benzene rings is 1. The summed E-state index contributed by atoms with van der Waals surface area (Å²) in [7, 11) is 0. The topological polar surface area (TPSA) is 75.4 Å². The lowest BCUT2D eigenvalue weighted by atomic mass is 9.97. The van der Waals surface area contributed by atoms with Gasteiger partial charge >= 0.3 is 0 Å². The van der Waals surface area contributed by atoms with Gasteiger partial charge in [0.05, 0.1) is 5.69 Å². The molecule has 1 atom stereocenters. The summed E-state index contributed by atoms with van der Waals surface area (Å²) in [5.74, 6) is 0.510. The van der Waals surface area contributed by atoms with Crippen molar-refractivity contribution in [1.82, 2.24) is 15.4 Å². The maximum atomic E-state index is 13.1. The molecule has 6 heteroatoms. The fraction of sp³-hybridized carbons (Fsp3) is 0.476. The van der Waals surface area contributed by atoms with Crippen molar-refractivity contribution in [3.05, 3.63) is 52.9 Å². The summed E-state index contributed by atoms with van der Waals surface area (Å²) in [5, 5.41) is 6.98. The third-order valence-corrected chi connectivity index (χ3v) is 5.17. The molecule has 2 amide bonds. The molecular formula is C21H27N3O3. The summed E-state index contributed by atoms with van der Waals surface area (Å²) in [6.45, 7) is 5.05. The van der Waals surface area contributed by atoms with Crippen LogP contribution < -0.4 is 5.32 Å². The number of carbonyl (C=O) groups is 2. The summed E-state index contributed by atoms with van der Waals surface area (Å²) < 4.78 is 5.24. The summed E-state index contributed by atoms with van der Waals surface area (Å²) >= 11 is 0. The number of aryl methyl sites for hydroxylation is 2. The summed E-state index contributed by atoms with van der Waals surface area (Å²) in [5.41, 5.74) is 1.98. The van der Waals surface area contributed by atoms with Gasteiger partial charge in [-0.25, -0.2) is 0 Å². The smallest absolute Gasteiger partial charge is 0.259 e. The fourth-order valence-electron chi connectivity index (χ4n) is 3.69. The molecule has 27 heavy (non-hydrogen) atoms. The molecule has 1 aliphatic rings. The number of nitrogens with zero attached hydrogens (tertiary/aromatic N) is 2. The molecule has 0 radical (unpaired) electrons. The highest BCUT2D eigenvalue weighted by molar-refractivity contribution is 5.96. The number of hydrogen-bond donors (Lipinski definition) is 1. The third-order valence-electron chi connectivity index (χ3n) is 5.17. The van der Waals surface area contributed by atoms with Crippen LogP contribution in [0, 0.1) is 6.92 Å². The molecular weight excluding hydrogens is 342 g/mol. The molecule has 1 aliphatic heterocycles. The van der Waals surface area contributed by atoms with Crippen molar-refractivity contribution in [2.45, 2.75) is 52.0 Å². The Morgan fingerprint density at radius 3 is 2.78 bits per heavy atom. The molecule has 1 aromatic carbocycles. The second-order valence-corrected chi connectivity index (χ2v) is 6.97. The zero-order valence-electron chi connectivity index (χ0n) is 16.0. The number of amides is 2. The third kappa shape index (κ3) is 4.38. The summed E-state index contributed by atoms with van der Waals surface area (Å²) in [6, 6.07) is 9.31. The predicted octanol–water partition coefficient (Wildman–Crippen LogP) is 3.36. The van der Waals surface area contributed by atoms with Crippen LogP contribution >= 0.6 is 0 Å². The Morgan fingerprint density at radius 2 is 2.04 bits per heavy atom. The van der Waals surface area contributed by atoms with E-state index >= 15 is 0 Å². The average molecular weight is 369 g/mol. The van der Waals surface area contributed by atoms with E-state index in [1.165, 1.54) is 0 Å². The van der Waals surface area contributed by atoms with Crippen LogP contribution in [0.5, 0.6) is 0 Å². The first-order valence-corrected chi connectivity index (χ1v) is 9.71. The normalized spacial score (nSPS) is 17.0. The van der Waals surface area contributed by atoms with Crippen molar-refractivity contribution in [3.8, 4) is 0 Å². The van der Waals surface area contributed by atoms with Crippen LogP contribution in [0.3, 0.4) is 0 Å². The van der Waals surface area contributed by atoms with E-state index in [1.54, 1.807) is 19.1 Å². The van der Waals surface area contributed by atoms with E-state index in [9.17, 15) is 9.59 Å². The zero-order valence-corrected chi connectivity index (χ0v) is 16.0.